The number of carbonyl (C=O) groups is 4. The van der Waals surface area contributed by atoms with Crippen LogP contribution >= 0.6 is 0 Å². The molecule has 2 heterocycles. The number of aliphatic hydroxyl groups is 6. The van der Waals surface area contributed by atoms with Crippen molar-refractivity contribution < 1.29 is 88.5 Å². The number of ketones is 3. The number of Topliss-reactive ketones (excluding diaryl/α,β-unsaturated/α-hetero) is 1. The van der Waals surface area contributed by atoms with Crippen LogP contribution in [0.25, 0.3) is 0 Å². The number of phenolic OH excluding ortho intramolecular Hbond substituents is 2. The fourth-order valence-electron chi connectivity index (χ4n) is 8.07. The van der Waals surface area contributed by atoms with Crippen LogP contribution in [0.4, 0.5) is 4.79 Å². The number of carbonyl (C=O) groups excluding carboxylic acids is 4. The largest absolute Gasteiger partial charge is 0.507 e. The Labute approximate surface area is 341 Å². The molecule has 0 spiro atoms. The Kier molecular flexibility index (Phi) is 11.9. The van der Waals surface area contributed by atoms with Gasteiger partial charge in [-0.3, -0.25) is 14.4 Å². The molecule has 1 amide bonds. The molecule has 7 rings (SSSR count). The second-order valence-electron chi connectivity index (χ2n) is 15.3. The maximum absolute atomic E-state index is 13.9. The van der Waals surface area contributed by atoms with Gasteiger partial charge in [0, 0.05) is 36.0 Å². The van der Waals surface area contributed by atoms with Crippen molar-refractivity contribution in [1.29, 1.82) is 0 Å². The minimum absolute atomic E-state index is 0.0599. The average molecular weight is 840 g/mol. The van der Waals surface area contributed by atoms with Gasteiger partial charge in [0.15, 0.2) is 17.9 Å². The highest BCUT2D eigenvalue weighted by molar-refractivity contribution is 6.31. The number of aliphatic hydroxyl groups excluding tert-OH is 5. The van der Waals surface area contributed by atoms with Crippen molar-refractivity contribution in [3.8, 4) is 23.0 Å². The quantitative estimate of drug-likeness (QED) is 0.0962. The summed E-state index contributed by atoms with van der Waals surface area (Å²) in [4.78, 5) is 53.5. The molecule has 2 saturated heterocycles. The van der Waals surface area contributed by atoms with Crippen molar-refractivity contribution in [3.05, 3.63) is 81.4 Å². The van der Waals surface area contributed by atoms with Gasteiger partial charge in [0.1, 0.15) is 65.7 Å². The van der Waals surface area contributed by atoms with Gasteiger partial charge in [0.2, 0.25) is 12.1 Å². The second-order valence-corrected chi connectivity index (χ2v) is 15.3. The van der Waals surface area contributed by atoms with Gasteiger partial charge in [-0.15, -0.1) is 0 Å². The molecule has 322 valence electrons. The molecular formula is C41H45NO18. The maximum atomic E-state index is 13.9. The molecule has 0 bridgehead atoms. The molecule has 2 aliphatic heterocycles. The van der Waals surface area contributed by atoms with Gasteiger partial charge >= 0.3 is 6.09 Å². The number of alkyl carbamates (subject to hydrolysis) is 1. The lowest BCUT2D eigenvalue weighted by Crippen LogP contribution is -2.60. The van der Waals surface area contributed by atoms with Crippen molar-refractivity contribution >= 4 is 23.4 Å². The molecule has 11 atom stereocenters. The number of fused-ring (bicyclic) bond motifs is 3. The molecule has 4 aliphatic rings. The van der Waals surface area contributed by atoms with Crippen LogP contribution in [0, 0.1) is 0 Å². The Balaban J connectivity index is 1.05. The Morgan fingerprint density at radius 3 is 2.27 bits per heavy atom. The van der Waals surface area contributed by atoms with Gasteiger partial charge < -0.3 is 74.6 Å². The first-order valence-electron chi connectivity index (χ1n) is 19.1. The van der Waals surface area contributed by atoms with Crippen LogP contribution in [0.1, 0.15) is 81.3 Å². The number of methoxy groups -OCH3 is 1. The molecule has 2 fully saturated rings. The lowest BCUT2D eigenvalue weighted by molar-refractivity contribution is -0.277. The van der Waals surface area contributed by atoms with Gasteiger partial charge in [0.25, 0.3) is 0 Å². The summed E-state index contributed by atoms with van der Waals surface area (Å²) in [5, 5.41) is 88.1. The lowest BCUT2D eigenvalue weighted by atomic mass is 9.72. The zero-order valence-corrected chi connectivity index (χ0v) is 32.5. The molecule has 0 aromatic heterocycles. The van der Waals surface area contributed by atoms with E-state index >= 15 is 0 Å². The zero-order chi connectivity index (χ0) is 43.4. The summed E-state index contributed by atoms with van der Waals surface area (Å²) in [5.41, 5.74) is -3.23. The van der Waals surface area contributed by atoms with Crippen LogP contribution in [0.15, 0.2) is 42.5 Å². The second kappa shape index (κ2) is 16.7. The standard InChI is InChI=1S/C41H45NO18/c1-16-31(45)22(42-40(53)56-15-18-7-9-19(10-8-18)58-39-38(52)37(51)34(48)25(14-43)60-39)11-26(57-16)59-24-13-41(54,17(2)44)12-21-28(24)36(50)30-29(33(21)47)32(46)20-5-4-6-23(55-3)27(20)35(30)49/h4-10,16,22,24-26,31,34,37-39,43,45,47-48,50-52,54H,11-15H2,1-3H3,(H,42,53)/t16-,22-,24-,25+,26-,31+,34-,37-,38+,39-,41-/m0/s1. The van der Waals surface area contributed by atoms with E-state index in [9.17, 15) is 60.0 Å². The molecule has 19 nitrogen and oxygen atoms in total. The summed E-state index contributed by atoms with van der Waals surface area (Å²) in [7, 11) is 1.30. The maximum Gasteiger partial charge on any atom is 0.407 e. The van der Waals surface area contributed by atoms with Crippen LogP contribution in [-0.4, -0.2) is 139 Å². The third-order valence-corrected chi connectivity index (χ3v) is 11.5. The van der Waals surface area contributed by atoms with E-state index in [1.807, 2.05) is 0 Å². The third-order valence-electron chi connectivity index (χ3n) is 11.5. The Hall–Kier alpha value is -5.22. The summed E-state index contributed by atoms with van der Waals surface area (Å²) < 4.78 is 33.8. The van der Waals surface area contributed by atoms with Crippen LogP contribution in [0.5, 0.6) is 23.0 Å². The third kappa shape index (κ3) is 7.68. The molecule has 60 heavy (non-hydrogen) atoms. The minimum atomic E-state index is -2.15. The monoisotopic (exact) mass is 839 g/mol. The molecule has 0 unspecified atom stereocenters. The van der Waals surface area contributed by atoms with E-state index < -0.39 is 132 Å². The molecule has 3 aromatic rings. The number of hydrogen-bond donors (Lipinski definition) is 9. The normalized spacial score (nSPS) is 31.0. The summed E-state index contributed by atoms with van der Waals surface area (Å²) >= 11 is 0. The number of aromatic hydroxyl groups is 2. The highest BCUT2D eigenvalue weighted by Gasteiger charge is 2.50. The Morgan fingerprint density at radius 2 is 1.60 bits per heavy atom. The van der Waals surface area contributed by atoms with Crippen LogP contribution in [0.3, 0.4) is 0 Å². The number of nitrogens with one attached hydrogen (secondary N) is 1. The van der Waals surface area contributed by atoms with Gasteiger partial charge in [-0.1, -0.05) is 24.3 Å². The van der Waals surface area contributed by atoms with Gasteiger partial charge in [0.05, 0.1) is 48.7 Å². The van der Waals surface area contributed by atoms with E-state index in [0.717, 1.165) is 6.92 Å². The van der Waals surface area contributed by atoms with Gasteiger partial charge in [-0.05, 0) is 37.6 Å². The predicted octanol–water partition coefficient (Wildman–Crippen LogP) is 0.175. The average Bonchev–Trinajstić information content (AvgIpc) is 3.22. The van der Waals surface area contributed by atoms with Crippen molar-refractivity contribution in [1.82, 2.24) is 5.32 Å². The molecule has 19 heteroatoms. The summed E-state index contributed by atoms with van der Waals surface area (Å²) in [6.45, 7) is 1.76. The Bertz CT molecular complexity index is 2180. The number of ether oxygens (including phenoxy) is 6. The van der Waals surface area contributed by atoms with Crippen molar-refractivity contribution in [2.45, 2.75) is 107 Å². The molecule has 0 radical (unpaired) electrons. The van der Waals surface area contributed by atoms with Gasteiger partial charge in [-0.25, -0.2) is 4.79 Å². The van der Waals surface area contributed by atoms with E-state index in [1.54, 1.807) is 0 Å². The van der Waals surface area contributed by atoms with Crippen LogP contribution in [0.2, 0.25) is 0 Å². The van der Waals surface area contributed by atoms with E-state index in [4.69, 9.17) is 28.4 Å². The van der Waals surface area contributed by atoms with Crippen LogP contribution in [-0.2, 0) is 36.8 Å². The van der Waals surface area contributed by atoms with E-state index in [0.29, 0.717) is 5.56 Å². The van der Waals surface area contributed by atoms with Crippen molar-refractivity contribution in [3.63, 3.8) is 0 Å². The number of hydrogen-bond acceptors (Lipinski definition) is 18. The number of phenols is 2. The first-order chi connectivity index (χ1) is 28.5. The highest BCUT2D eigenvalue weighted by atomic mass is 16.7. The van der Waals surface area contributed by atoms with Crippen molar-refractivity contribution in [2.24, 2.45) is 0 Å². The zero-order valence-electron chi connectivity index (χ0n) is 32.5. The van der Waals surface area contributed by atoms with E-state index in [1.165, 1.54) is 56.5 Å². The molecule has 0 saturated carbocycles. The van der Waals surface area contributed by atoms with Gasteiger partial charge in [-0.2, -0.15) is 0 Å². The predicted molar refractivity (Wildman–Crippen MR) is 200 cm³/mol. The minimum Gasteiger partial charge on any atom is -0.507 e. The van der Waals surface area contributed by atoms with Crippen molar-refractivity contribution in [2.75, 3.05) is 13.7 Å². The highest BCUT2D eigenvalue weighted by Crippen LogP contribution is 2.52. The topological polar surface area (TPSA) is 298 Å². The van der Waals surface area contributed by atoms with E-state index in [2.05, 4.69) is 5.32 Å². The Morgan fingerprint density at radius 1 is 0.900 bits per heavy atom. The lowest BCUT2D eigenvalue weighted by Gasteiger charge is -2.42. The summed E-state index contributed by atoms with van der Waals surface area (Å²) in [6, 6.07) is 9.30. The first-order valence-corrected chi connectivity index (χ1v) is 19.1. The number of amides is 1. The molecule has 9 N–H and O–H groups in total. The van der Waals surface area contributed by atoms with E-state index in [-0.39, 0.29) is 46.8 Å². The summed E-state index contributed by atoms with van der Waals surface area (Å²) in [6.07, 6.45) is -14.4. The van der Waals surface area contributed by atoms with Crippen LogP contribution < -0.4 is 14.8 Å². The summed E-state index contributed by atoms with van der Waals surface area (Å²) in [5.74, 6) is -3.49. The number of benzene rings is 3. The fourth-order valence-corrected chi connectivity index (χ4v) is 8.07. The number of rotatable bonds is 10. The fraction of sp³-hybridized carbons (Fsp3) is 0.463. The molecule has 2 aliphatic carbocycles. The first kappa shape index (κ1) is 42.9. The smallest absolute Gasteiger partial charge is 0.407 e. The molecule has 3 aromatic carbocycles. The SMILES string of the molecule is COc1cccc2c1C(=O)c1c(O)c3c(c(O)c1C2=O)C[C@@](O)(C(C)=O)C[C@@H]3O[C@H]1C[C@H](NC(=O)OCc2ccc(O[C@H]3O[C@H](CO)[C@H](O)[C@H](O)[C@H]3O)cc2)[C@H](O)[C@H](C)O1. The molecular weight excluding hydrogens is 794 g/mol.